The first-order chi connectivity index (χ1) is 7.27. The molecule has 0 heterocycles. The second kappa shape index (κ2) is 8.60. The maximum atomic E-state index is 6.13. The lowest BCUT2D eigenvalue weighted by Crippen LogP contribution is -2.09. The molecule has 0 aliphatic rings. The van der Waals surface area contributed by atoms with Gasteiger partial charge in [-0.2, -0.15) is 0 Å². The van der Waals surface area contributed by atoms with Crippen LogP contribution in [-0.2, 0) is 6.42 Å². The van der Waals surface area contributed by atoms with Gasteiger partial charge in [0.05, 0.1) is 0 Å². The molecule has 2 N–H and O–H groups in total. The van der Waals surface area contributed by atoms with Crippen LogP contribution in [0.2, 0.25) is 0 Å². The Bertz CT molecular complexity index is 269. The summed E-state index contributed by atoms with van der Waals surface area (Å²) in [6.45, 7) is 4.40. The van der Waals surface area contributed by atoms with E-state index in [0.29, 0.717) is 0 Å². The van der Waals surface area contributed by atoms with Crippen molar-refractivity contribution >= 4 is 12.4 Å². The van der Waals surface area contributed by atoms with E-state index in [9.17, 15) is 0 Å². The van der Waals surface area contributed by atoms with Gasteiger partial charge in [0.15, 0.2) is 0 Å². The molecular weight excluding hydrogens is 218 g/mol. The number of aryl methyl sites for hydroxylation is 1. The average Bonchev–Trinajstić information content (AvgIpc) is 2.29. The van der Waals surface area contributed by atoms with Crippen LogP contribution < -0.4 is 5.73 Å². The minimum absolute atomic E-state index is 0. The number of unbranched alkanes of at least 4 members (excludes halogenated alkanes) is 2. The first kappa shape index (κ1) is 15.5. The quantitative estimate of drug-likeness (QED) is 0.741. The predicted molar refractivity (Wildman–Crippen MR) is 74.1 cm³/mol. The highest BCUT2D eigenvalue weighted by Gasteiger charge is 2.04. The number of halogens is 1. The predicted octanol–water partition coefficient (Wildman–Crippen LogP) is 4.25. The molecule has 16 heavy (non-hydrogen) atoms. The highest BCUT2D eigenvalue weighted by molar-refractivity contribution is 5.85. The fraction of sp³-hybridized carbons (Fsp3) is 0.571. The molecule has 1 aromatic rings. The van der Waals surface area contributed by atoms with E-state index in [1.54, 1.807) is 0 Å². The van der Waals surface area contributed by atoms with Crippen molar-refractivity contribution in [3.63, 3.8) is 0 Å². The van der Waals surface area contributed by atoms with Crippen molar-refractivity contribution in [2.24, 2.45) is 5.73 Å². The topological polar surface area (TPSA) is 26.0 Å². The number of benzene rings is 1. The minimum atomic E-state index is 0. The van der Waals surface area contributed by atoms with Crippen LogP contribution in [0.15, 0.2) is 24.3 Å². The van der Waals surface area contributed by atoms with E-state index in [1.165, 1.54) is 30.4 Å². The second-order valence-electron chi connectivity index (χ2n) is 4.20. The molecule has 1 aromatic carbocycles. The fourth-order valence-corrected chi connectivity index (χ4v) is 1.78. The lowest BCUT2D eigenvalue weighted by molar-refractivity contribution is 0.581. The van der Waals surface area contributed by atoms with Crippen molar-refractivity contribution in [1.29, 1.82) is 0 Å². The van der Waals surface area contributed by atoms with Gasteiger partial charge >= 0.3 is 0 Å². The van der Waals surface area contributed by atoms with E-state index in [1.807, 2.05) is 0 Å². The Hall–Kier alpha value is -0.530. The van der Waals surface area contributed by atoms with E-state index >= 15 is 0 Å². The lowest BCUT2D eigenvalue weighted by atomic mass is 10.00. The van der Waals surface area contributed by atoms with Gasteiger partial charge in [0.25, 0.3) is 0 Å². The van der Waals surface area contributed by atoms with Gasteiger partial charge in [-0.3, -0.25) is 0 Å². The van der Waals surface area contributed by atoms with Gasteiger partial charge < -0.3 is 5.73 Å². The van der Waals surface area contributed by atoms with Crippen molar-refractivity contribution in [2.75, 3.05) is 0 Å². The van der Waals surface area contributed by atoms with Gasteiger partial charge in [-0.25, -0.2) is 0 Å². The van der Waals surface area contributed by atoms with Crippen LogP contribution in [0, 0.1) is 0 Å². The van der Waals surface area contributed by atoms with Gasteiger partial charge in [0, 0.05) is 6.04 Å². The Balaban J connectivity index is 0.00000225. The molecule has 1 unspecified atom stereocenters. The molecule has 0 saturated heterocycles. The Labute approximate surface area is 106 Å². The third-order valence-corrected chi connectivity index (χ3v) is 2.93. The number of hydrogen-bond donors (Lipinski definition) is 1. The maximum absolute atomic E-state index is 6.13. The Morgan fingerprint density at radius 3 is 2.19 bits per heavy atom. The molecule has 1 atom stereocenters. The molecular formula is C14H24ClN. The van der Waals surface area contributed by atoms with Crippen LogP contribution in [0.5, 0.6) is 0 Å². The van der Waals surface area contributed by atoms with Gasteiger partial charge in [-0.15, -0.1) is 12.4 Å². The SMILES string of the molecule is CCCCCC(N)c1ccc(CC)cc1.Cl. The number of hydrogen-bond acceptors (Lipinski definition) is 1. The first-order valence-corrected chi connectivity index (χ1v) is 6.12. The van der Waals surface area contributed by atoms with Crippen LogP contribution in [0.1, 0.15) is 56.7 Å². The summed E-state index contributed by atoms with van der Waals surface area (Å²) in [4.78, 5) is 0. The zero-order valence-corrected chi connectivity index (χ0v) is 11.2. The van der Waals surface area contributed by atoms with Crippen molar-refractivity contribution in [1.82, 2.24) is 0 Å². The summed E-state index contributed by atoms with van der Waals surface area (Å²) in [6.07, 6.45) is 6.01. The van der Waals surface area contributed by atoms with Crippen molar-refractivity contribution < 1.29 is 0 Å². The zero-order valence-electron chi connectivity index (χ0n) is 10.4. The monoisotopic (exact) mass is 241 g/mol. The zero-order chi connectivity index (χ0) is 11.1. The summed E-state index contributed by atoms with van der Waals surface area (Å²) >= 11 is 0. The Kier molecular flexibility index (Phi) is 8.32. The summed E-state index contributed by atoms with van der Waals surface area (Å²) < 4.78 is 0. The fourth-order valence-electron chi connectivity index (χ4n) is 1.78. The molecule has 92 valence electrons. The number of rotatable bonds is 6. The average molecular weight is 242 g/mol. The molecule has 0 saturated carbocycles. The van der Waals surface area contributed by atoms with Crippen LogP contribution in [0.3, 0.4) is 0 Å². The molecule has 1 nitrogen and oxygen atoms in total. The van der Waals surface area contributed by atoms with E-state index in [0.717, 1.165) is 12.8 Å². The van der Waals surface area contributed by atoms with E-state index in [-0.39, 0.29) is 18.4 Å². The van der Waals surface area contributed by atoms with Crippen molar-refractivity contribution in [3.8, 4) is 0 Å². The molecule has 1 rings (SSSR count). The second-order valence-corrected chi connectivity index (χ2v) is 4.20. The lowest BCUT2D eigenvalue weighted by Gasteiger charge is -2.12. The molecule has 0 bridgehead atoms. The van der Waals surface area contributed by atoms with Gasteiger partial charge in [0.2, 0.25) is 0 Å². The summed E-state index contributed by atoms with van der Waals surface area (Å²) in [7, 11) is 0. The number of nitrogens with two attached hydrogens (primary N) is 1. The van der Waals surface area contributed by atoms with Crippen LogP contribution in [0.4, 0.5) is 0 Å². The maximum Gasteiger partial charge on any atom is 0.0294 e. The van der Waals surface area contributed by atoms with Crippen LogP contribution >= 0.6 is 12.4 Å². The molecule has 0 aliphatic heterocycles. The van der Waals surface area contributed by atoms with Gasteiger partial charge in [-0.1, -0.05) is 57.4 Å². The van der Waals surface area contributed by atoms with E-state index < -0.39 is 0 Å². The van der Waals surface area contributed by atoms with Crippen LogP contribution in [0.25, 0.3) is 0 Å². The third-order valence-electron chi connectivity index (χ3n) is 2.93. The van der Waals surface area contributed by atoms with E-state index in [4.69, 9.17) is 5.73 Å². The molecule has 0 aliphatic carbocycles. The van der Waals surface area contributed by atoms with Crippen LogP contribution in [-0.4, -0.2) is 0 Å². The minimum Gasteiger partial charge on any atom is -0.324 e. The summed E-state index contributed by atoms with van der Waals surface area (Å²) in [5, 5.41) is 0. The first-order valence-electron chi connectivity index (χ1n) is 6.12. The molecule has 0 spiro atoms. The molecule has 0 aromatic heterocycles. The summed E-state index contributed by atoms with van der Waals surface area (Å²) in [6, 6.07) is 8.96. The molecule has 0 fully saturated rings. The molecule has 2 heteroatoms. The standard InChI is InChI=1S/C14H23N.ClH/c1-3-5-6-7-14(15)13-10-8-12(4-2)9-11-13;/h8-11,14H,3-7,15H2,1-2H3;1H. The third kappa shape index (κ3) is 5.00. The smallest absolute Gasteiger partial charge is 0.0294 e. The summed E-state index contributed by atoms with van der Waals surface area (Å²) in [5.41, 5.74) is 8.80. The molecule has 0 radical (unpaired) electrons. The summed E-state index contributed by atoms with van der Waals surface area (Å²) in [5.74, 6) is 0. The Morgan fingerprint density at radius 1 is 1.06 bits per heavy atom. The normalized spacial score (nSPS) is 11.9. The van der Waals surface area contributed by atoms with Crippen molar-refractivity contribution in [2.45, 2.75) is 52.0 Å². The van der Waals surface area contributed by atoms with E-state index in [2.05, 4.69) is 38.1 Å². The van der Waals surface area contributed by atoms with Gasteiger partial charge in [0.1, 0.15) is 0 Å². The Morgan fingerprint density at radius 2 is 1.69 bits per heavy atom. The molecule has 0 amide bonds. The highest BCUT2D eigenvalue weighted by atomic mass is 35.5. The highest BCUT2D eigenvalue weighted by Crippen LogP contribution is 2.17. The van der Waals surface area contributed by atoms with Crippen molar-refractivity contribution in [3.05, 3.63) is 35.4 Å². The van der Waals surface area contributed by atoms with Gasteiger partial charge in [-0.05, 0) is 24.0 Å². The largest absolute Gasteiger partial charge is 0.324 e.